The zero-order chi connectivity index (χ0) is 24.6. The summed E-state index contributed by atoms with van der Waals surface area (Å²) < 4.78 is 5.67. The maximum Gasteiger partial charge on any atom is 0.407 e. The number of carboxylic acid groups (broad SMARTS) is 1. The molecule has 0 saturated heterocycles. The van der Waals surface area contributed by atoms with Crippen LogP contribution in [-0.4, -0.2) is 54.7 Å². The second kappa shape index (κ2) is 9.02. The van der Waals surface area contributed by atoms with Crippen LogP contribution in [0.3, 0.4) is 0 Å². The summed E-state index contributed by atoms with van der Waals surface area (Å²) in [5.41, 5.74) is 4.05. The molecule has 3 aliphatic rings. The molecule has 2 N–H and O–H groups in total. The number of carbonyl (C=O) groups excluding carboxylic acids is 2. The van der Waals surface area contributed by atoms with Crippen LogP contribution in [0.2, 0.25) is 0 Å². The van der Waals surface area contributed by atoms with Crippen LogP contribution < -0.4 is 5.32 Å². The summed E-state index contributed by atoms with van der Waals surface area (Å²) in [6, 6.07) is 16.4. The number of aliphatic carboxylic acids is 1. The van der Waals surface area contributed by atoms with E-state index in [1.165, 1.54) is 11.1 Å². The van der Waals surface area contributed by atoms with Gasteiger partial charge in [-0.25, -0.2) is 4.79 Å². The Morgan fingerprint density at radius 1 is 1.06 bits per heavy atom. The number of carboxylic acids is 1. The number of hydrogen-bond acceptors (Lipinski definition) is 4. The Labute approximate surface area is 205 Å². The largest absolute Gasteiger partial charge is 0.481 e. The van der Waals surface area contributed by atoms with Gasteiger partial charge in [-0.05, 0) is 53.4 Å². The quantitative estimate of drug-likeness (QED) is 0.559. The summed E-state index contributed by atoms with van der Waals surface area (Å²) in [6.45, 7) is 0.890. The van der Waals surface area contributed by atoms with Gasteiger partial charge in [0.15, 0.2) is 0 Å². The molecule has 184 valence electrons. The summed E-state index contributed by atoms with van der Waals surface area (Å²) in [6.07, 6.45) is 3.80. The first-order valence-corrected chi connectivity index (χ1v) is 12.4. The highest BCUT2D eigenvalue weighted by molar-refractivity contribution is 5.88. The van der Waals surface area contributed by atoms with Crippen molar-refractivity contribution in [1.82, 2.24) is 10.2 Å². The number of hydrogen-bond donors (Lipinski definition) is 2. The van der Waals surface area contributed by atoms with Crippen LogP contribution in [0.25, 0.3) is 11.1 Å². The van der Waals surface area contributed by atoms with E-state index >= 15 is 0 Å². The zero-order valence-corrected chi connectivity index (χ0v) is 20.1. The molecule has 1 atom stereocenters. The lowest BCUT2D eigenvalue weighted by atomic mass is 9.74. The summed E-state index contributed by atoms with van der Waals surface area (Å²) in [7, 11) is 1.73. The minimum absolute atomic E-state index is 0.00142. The molecule has 2 aromatic rings. The number of benzene rings is 2. The maximum atomic E-state index is 13.4. The molecule has 0 heterocycles. The molecule has 0 radical (unpaired) electrons. The van der Waals surface area contributed by atoms with E-state index in [0.29, 0.717) is 13.0 Å². The molecule has 5 rings (SSSR count). The Kier molecular flexibility index (Phi) is 6.03. The highest BCUT2D eigenvalue weighted by Gasteiger charge is 2.73. The van der Waals surface area contributed by atoms with E-state index in [4.69, 9.17) is 9.84 Å². The Hall–Kier alpha value is -3.35. The van der Waals surface area contributed by atoms with E-state index in [0.717, 1.165) is 36.8 Å². The van der Waals surface area contributed by atoms with Crippen LogP contribution in [0.1, 0.15) is 55.6 Å². The monoisotopic (exact) mass is 476 g/mol. The van der Waals surface area contributed by atoms with Gasteiger partial charge in [0.2, 0.25) is 5.91 Å². The van der Waals surface area contributed by atoms with Crippen LogP contribution in [0.5, 0.6) is 0 Å². The normalized spacial score (nSPS) is 20.9. The second-order valence-electron chi connectivity index (χ2n) is 10.3. The number of fused-ring (bicyclic) bond motifs is 3. The Bertz CT molecular complexity index is 1110. The standard InChI is InChI=1S/C28H32N2O5/c1-30(15-6-12-24(31)32)25(33)28(17-27(28)13-7-14-27)18-29-26(34)35-16-23-21-10-4-2-8-19(21)20-9-3-5-11-22(20)23/h2-5,8-11,23H,6-7,12-18H2,1H3,(H,29,34)(H,31,32). The highest BCUT2D eigenvalue weighted by atomic mass is 16.5. The van der Waals surface area contributed by atoms with Crippen molar-refractivity contribution in [3.63, 3.8) is 0 Å². The van der Waals surface area contributed by atoms with E-state index < -0.39 is 17.5 Å². The predicted molar refractivity (Wildman–Crippen MR) is 131 cm³/mol. The molecule has 0 bridgehead atoms. The SMILES string of the molecule is CN(CCCC(=O)O)C(=O)C1(CNC(=O)OCC2c3ccccc3-c3ccccc32)CC12CCC2. The van der Waals surface area contributed by atoms with E-state index in [9.17, 15) is 14.4 Å². The number of alkyl carbamates (subject to hydrolysis) is 1. The maximum absolute atomic E-state index is 13.4. The smallest absolute Gasteiger partial charge is 0.407 e. The number of rotatable bonds is 9. The van der Waals surface area contributed by atoms with Gasteiger partial charge < -0.3 is 20.1 Å². The average molecular weight is 477 g/mol. The van der Waals surface area contributed by atoms with Crippen molar-refractivity contribution in [1.29, 1.82) is 0 Å². The van der Waals surface area contributed by atoms with Crippen LogP contribution in [0.15, 0.2) is 48.5 Å². The summed E-state index contributed by atoms with van der Waals surface area (Å²) >= 11 is 0. The average Bonchev–Trinajstić information content (AvgIpc) is 3.45. The third kappa shape index (κ3) is 4.07. The second-order valence-corrected chi connectivity index (χ2v) is 10.3. The molecular formula is C28H32N2O5. The minimum Gasteiger partial charge on any atom is -0.481 e. The van der Waals surface area contributed by atoms with Gasteiger partial charge in [0.25, 0.3) is 0 Å². The van der Waals surface area contributed by atoms with Crippen molar-refractivity contribution in [3.05, 3.63) is 59.7 Å². The van der Waals surface area contributed by atoms with Gasteiger partial charge in [-0.15, -0.1) is 0 Å². The molecule has 1 spiro atoms. The highest BCUT2D eigenvalue weighted by Crippen LogP contribution is 2.74. The lowest BCUT2D eigenvalue weighted by Crippen LogP contribution is -2.46. The minimum atomic E-state index is -0.862. The van der Waals surface area contributed by atoms with Gasteiger partial charge in [-0.3, -0.25) is 9.59 Å². The number of ether oxygens (including phenoxy) is 1. The number of carbonyl (C=O) groups is 3. The zero-order valence-electron chi connectivity index (χ0n) is 20.1. The molecule has 0 aliphatic heterocycles. The number of nitrogens with zero attached hydrogens (tertiary/aromatic N) is 1. The van der Waals surface area contributed by atoms with Crippen molar-refractivity contribution in [2.24, 2.45) is 10.8 Å². The lowest BCUT2D eigenvalue weighted by Gasteiger charge is -2.34. The van der Waals surface area contributed by atoms with Crippen molar-refractivity contribution in [2.45, 2.75) is 44.4 Å². The molecule has 7 nitrogen and oxygen atoms in total. The third-order valence-electron chi connectivity index (χ3n) is 8.36. The van der Waals surface area contributed by atoms with Gasteiger partial charge in [0.1, 0.15) is 6.61 Å². The molecule has 2 fully saturated rings. The molecule has 0 aromatic heterocycles. The molecule has 35 heavy (non-hydrogen) atoms. The van der Waals surface area contributed by atoms with Gasteiger partial charge in [0, 0.05) is 32.5 Å². The van der Waals surface area contributed by atoms with Gasteiger partial charge in [-0.2, -0.15) is 0 Å². The van der Waals surface area contributed by atoms with Gasteiger partial charge in [-0.1, -0.05) is 55.0 Å². The van der Waals surface area contributed by atoms with E-state index in [-0.39, 0.29) is 36.8 Å². The van der Waals surface area contributed by atoms with Crippen LogP contribution in [-0.2, 0) is 14.3 Å². The van der Waals surface area contributed by atoms with Gasteiger partial charge >= 0.3 is 12.1 Å². The molecule has 3 aliphatic carbocycles. The van der Waals surface area contributed by atoms with Gasteiger partial charge in [0.05, 0.1) is 5.41 Å². The number of amides is 2. The first-order chi connectivity index (χ1) is 16.9. The molecule has 7 heteroatoms. The summed E-state index contributed by atoms with van der Waals surface area (Å²) in [4.78, 5) is 38.5. The fourth-order valence-electron chi connectivity index (χ4n) is 6.23. The van der Waals surface area contributed by atoms with E-state index in [2.05, 4.69) is 29.6 Å². The topological polar surface area (TPSA) is 95.9 Å². The van der Waals surface area contributed by atoms with Crippen LogP contribution in [0, 0.1) is 10.8 Å². The number of nitrogens with one attached hydrogen (secondary N) is 1. The third-order valence-corrected chi connectivity index (χ3v) is 8.36. The Balaban J connectivity index is 1.20. The molecule has 2 saturated carbocycles. The van der Waals surface area contributed by atoms with Crippen LogP contribution in [0.4, 0.5) is 4.79 Å². The predicted octanol–water partition coefficient (Wildman–Crippen LogP) is 4.41. The molecule has 1 unspecified atom stereocenters. The summed E-state index contributed by atoms with van der Waals surface area (Å²) in [5.74, 6) is -0.871. The molecule has 2 amide bonds. The Morgan fingerprint density at radius 3 is 2.23 bits per heavy atom. The van der Waals surface area contributed by atoms with Crippen molar-refractivity contribution >= 4 is 18.0 Å². The molecule has 2 aromatic carbocycles. The van der Waals surface area contributed by atoms with E-state index in [1.807, 2.05) is 24.3 Å². The first-order valence-electron chi connectivity index (χ1n) is 12.4. The van der Waals surface area contributed by atoms with Crippen molar-refractivity contribution in [2.75, 3.05) is 26.7 Å². The fourth-order valence-corrected chi connectivity index (χ4v) is 6.23. The van der Waals surface area contributed by atoms with Crippen molar-refractivity contribution in [3.8, 4) is 11.1 Å². The fraction of sp³-hybridized carbons (Fsp3) is 0.464. The van der Waals surface area contributed by atoms with E-state index in [1.54, 1.807) is 11.9 Å². The summed E-state index contributed by atoms with van der Waals surface area (Å²) in [5, 5.41) is 11.8. The van der Waals surface area contributed by atoms with Crippen molar-refractivity contribution < 1.29 is 24.2 Å². The lowest BCUT2D eigenvalue weighted by molar-refractivity contribution is -0.140. The Morgan fingerprint density at radius 2 is 1.69 bits per heavy atom. The first kappa shape index (κ1) is 23.4. The van der Waals surface area contributed by atoms with Crippen LogP contribution >= 0.6 is 0 Å². The molecular weight excluding hydrogens is 444 g/mol.